The second-order valence-electron chi connectivity index (χ2n) is 4.30. The van der Waals surface area contributed by atoms with E-state index in [-0.39, 0.29) is 5.91 Å². The number of carbonyl (C=O) groups is 1. The first-order valence-corrected chi connectivity index (χ1v) is 7.47. The summed E-state index contributed by atoms with van der Waals surface area (Å²) in [5, 5.41) is 4.88. The predicted molar refractivity (Wildman–Crippen MR) is 83.2 cm³/mol. The van der Waals surface area contributed by atoms with Crippen LogP contribution in [0.1, 0.15) is 15.2 Å². The smallest absolute Gasteiger partial charge is 0.265 e. The van der Waals surface area contributed by atoms with Crippen molar-refractivity contribution in [3.05, 3.63) is 46.2 Å². The second-order valence-corrected chi connectivity index (χ2v) is 6.34. The molecule has 3 N–H and O–H groups in total. The number of hydrogen-bond acceptors (Lipinski definition) is 4. The minimum absolute atomic E-state index is 0.107. The highest BCUT2D eigenvalue weighted by molar-refractivity contribution is 7.27. The average molecular weight is 288 g/mol. The van der Waals surface area contributed by atoms with Gasteiger partial charge in [-0.25, -0.2) is 0 Å². The van der Waals surface area contributed by atoms with Crippen LogP contribution in [0.25, 0.3) is 9.40 Å². The van der Waals surface area contributed by atoms with Gasteiger partial charge in [-0.3, -0.25) is 4.79 Å². The Balaban J connectivity index is 1.86. The lowest BCUT2D eigenvalue weighted by Gasteiger charge is -2.07. The molecule has 0 atom stereocenters. The SMILES string of the molecule is Cc1ccc(NC(=O)c2cc3sccc3s2)c(N)c1. The first kappa shape index (κ1) is 12.2. The van der Waals surface area contributed by atoms with Crippen LogP contribution in [0.5, 0.6) is 0 Å². The molecule has 0 saturated carbocycles. The third kappa shape index (κ3) is 2.34. The van der Waals surface area contributed by atoms with Crippen molar-refractivity contribution in [1.29, 1.82) is 0 Å². The Labute approximate surface area is 118 Å². The van der Waals surface area contributed by atoms with Crippen LogP contribution >= 0.6 is 22.7 Å². The second kappa shape index (κ2) is 4.68. The van der Waals surface area contributed by atoms with E-state index in [1.807, 2.05) is 42.6 Å². The fourth-order valence-electron chi connectivity index (χ4n) is 1.86. The van der Waals surface area contributed by atoms with Gasteiger partial charge < -0.3 is 11.1 Å². The molecule has 19 heavy (non-hydrogen) atoms. The van der Waals surface area contributed by atoms with Crippen LogP contribution in [0, 0.1) is 6.92 Å². The molecule has 0 aliphatic rings. The molecule has 1 aromatic carbocycles. The van der Waals surface area contributed by atoms with Crippen LogP contribution in [0.4, 0.5) is 11.4 Å². The number of fused-ring (bicyclic) bond motifs is 1. The third-order valence-corrected chi connectivity index (χ3v) is 4.91. The summed E-state index contributed by atoms with van der Waals surface area (Å²) in [6, 6.07) is 9.56. The standard InChI is InChI=1S/C14H12N2OS2/c1-8-2-3-10(9(15)6-8)16-14(17)13-7-12-11(19-13)4-5-18-12/h2-7H,15H2,1H3,(H,16,17). The molecule has 0 radical (unpaired) electrons. The zero-order chi connectivity index (χ0) is 13.4. The molecule has 1 amide bonds. The highest BCUT2D eigenvalue weighted by atomic mass is 32.1. The third-order valence-electron chi connectivity index (χ3n) is 2.82. The summed E-state index contributed by atoms with van der Waals surface area (Å²) in [5.74, 6) is -0.107. The maximum Gasteiger partial charge on any atom is 0.265 e. The van der Waals surface area contributed by atoms with E-state index in [0.29, 0.717) is 16.3 Å². The summed E-state index contributed by atoms with van der Waals surface area (Å²) in [7, 11) is 0. The topological polar surface area (TPSA) is 55.1 Å². The molecule has 3 aromatic rings. The molecule has 2 heterocycles. The number of nitrogen functional groups attached to an aromatic ring is 1. The molecular weight excluding hydrogens is 276 g/mol. The van der Waals surface area contributed by atoms with E-state index < -0.39 is 0 Å². The number of amides is 1. The molecule has 0 fully saturated rings. The Morgan fingerprint density at radius 3 is 2.79 bits per heavy atom. The van der Waals surface area contributed by atoms with Crippen molar-refractivity contribution in [3.8, 4) is 0 Å². The minimum Gasteiger partial charge on any atom is -0.397 e. The fourth-order valence-corrected chi connectivity index (χ4v) is 3.86. The highest BCUT2D eigenvalue weighted by Gasteiger charge is 2.12. The summed E-state index contributed by atoms with van der Waals surface area (Å²) in [6.07, 6.45) is 0. The quantitative estimate of drug-likeness (QED) is 0.697. The Morgan fingerprint density at radius 1 is 1.21 bits per heavy atom. The maximum absolute atomic E-state index is 12.2. The number of nitrogens with two attached hydrogens (primary N) is 1. The molecular formula is C14H12N2OS2. The van der Waals surface area contributed by atoms with E-state index >= 15 is 0 Å². The van der Waals surface area contributed by atoms with Gasteiger partial charge in [0.2, 0.25) is 0 Å². The van der Waals surface area contributed by atoms with E-state index in [4.69, 9.17) is 5.73 Å². The van der Waals surface area contributed by atoms with Gasteiger partial charge in [-0.05, 0) is 42.1 Å². The summed E-state index contributed by atoms with van der Waals surface area (Å²) in [6.45, 7) is 1.97. The van der Waals surface area contributed by atoms with Gasteiger partial charge in [-0.15, -0.1) is 22.7 Å². The van der Waals surface area contributed by atoms with Crippen molar-refractivity contribution >= 4 is 49.4 Å². The molecule has 3 nitrogen and oxygen atoms in total. The Bertz CT molecular complexity index is 729. The van der Waals surface area contributed by atoms with Crippen LogP contribution in [0.3, 0.4) is 0 Å². The monoisotopic (exact) mass is 288 g/mol. The molecule has 0 bridgehead atoms. The van der Waals surface area contributed by atoms with Crippen molar-refractivity contribution in [2.24, 2.45) is 0 Å². The predicted octanol–water partition coefficient (Wildman–Crippen LogP) is 4.11. The van der Waals surface area contributed by atoms with Gasteiger partial charge in [0.25, 0.3) is 5.91 Å². The van der Waals surface area contributed by atoms with Crippen molar-refractivity contribution in [1.82, 2.24) is 0 Å². The van der Waals surface area contributed by atoms with Gasteiger partial charge in [-0.1, -0.05) is 6.07 Å². The van der Waals surface area contributed by atoms with Crippen molar-refractivity contribution < 1.29 is 4.79 Å². The number of benzene rings is 1. The number of anilines is 2. The van der Waals surface area contributed by atoms with E-state index in [1.54, 1.807) is 11.3 Å². The number of rotatable bonds is 2. The van der Waals surface area contributed by atoms with Crippen molar-refractivity contribution in [3.63, 3.8) is 0 Å². The Hall–Kier alpha value is -1.85. The summed E-state index contributed by atoms with van der Waals surface area (Å²) in [5.41, 5.74) is 8.22. The summed E-state index contributed by atoms with van der Waals surface area (Å²) >= 11 is 3.14. The maximum atomic E-state index is 12.2. The Kier molecular flexibility index (Phi) is 3.00. The van der Waals surface area contributed by atoms with Gasteiger partial charge >= 0.3 is 0 Å². The van der Waals surface area contributed by atoms with Crippen LogP contribution in [-0.4, -0.2) is 5.91 Å². The van der Waals surface area contributed by atoms with Gasteiger partial charge in [0, 0.05) is 9.40 Å². The lowest BCUT2D eigenvalue weighted by atomic mass is 10.2. The van der Waals surface area contributed by atoms with Crippen molar-refractivity contribution in [2.75, 3.05) is 11.1 Å². The zero-order valence-corrected chi connectivity index (χ0v) is 11.9. The van der Waals surface area contributed by atoms with E-state index in [0.717, 1.165) is 15.0 Å². The fraction of sp³-hybridized carbons (Fsp3) is 0.0714. The van der Waals surface area contributed by atoms with Crippen LogP contribution in [0.2, 0.25) is 0 Å². The molecule has 0 saturated heterocycles. The number of carbonyl (C=O) groups excluding carboxylic acids is 1. The number of hydrogen-bond donors (Lipinski definition) is 2. The van der Waals surface area contributed by atoms with E-state index in [2.05, 4.69) is 5.32 Å². The molecule has 2 aromatic heterocycles. The van der Waals surface area contributed by atoms with Crippen LogP contribution < -0.4 is 11.1 Å². The van der Waals surface area contributed by atoms with Gasteiger partial charge in [0.05, 0.1) is 16.3 Å². The first-order valence-electron chi connectivity index (χ1n) is 5.78. The lowest BCUT2D eigenvalue weighted by molar-refractivity contribution is 0.103. The molecule has 5 heteroatoms. The van der Waals surface area contributed by atoms with Crippen molar-refractivity contribution in [2.45, 2.75) is 6.92 Å². The number of nitrogens with one attached hydrogen (secondary N) is 1. The van der Waals surface area contributed by atoms with Gasteiger partial charge in [-0.2, -0.15) is 0 Å². The van der Waals surface area contributed by atoms with Crippen LogP contribution in [-0.2, 0) is 0 Å². The van der Waals surface area contributed by atoms with Crippen LogP contribution in [0.15, 0.2) is 35.7 Å². The first-order chi connectivity index (χ1) is 9.13. The number of aryl methyl sites for hydroxylation is 1. The summed E-state index contributed by atoms with van der Waals surface area (Å²) < 4.78 is 2.29. The number of thiophene rings is 2. The molecule has 0 aliphatic carbocycles. The van der Waals surface area contributed by atoms with E-state index in [9.17, 15) is 4.79 Å². The molecule has 3 rings (SSSR count). The molecule has 0 spiro atoms. The largest absolute Gasteiger partial charge is 0.397 e. The molecule has 0 unspecified atom stereocenters. The Morgan fingerprint density at radius 2 is 2.05 bits per heavy atom. The highest BCUT2D eigenvalue weighted by Crippen LogP contribution is 2.30. The van der Waals surface area contributed by atoms with Gasteiger partial charge in [0.15, 0.2) is 0 Å². The van der Waals surface area contributed by atoms with E-state index in [1.165, 1.54) is 11.3 Å². The minimum atomic E-state index is -0.107. The molecule has 0 aliphatic heterocycles. The zero-order valence-electron chi connectivity index (χ0n) is 10.3. The van der Waals surface area contributed by atoms with Gasteiger partial charge in [0.1, 0.15) is 0 Å². The summed E-state index contributed by atoms with van der Waals surface area (Å²) in [4.78, 5) is 12.9. The average Bonchev–Trinajstić information content (AvgIpc) is 2.93. The lowest BCUT2D eigenvalue weighted by Crippen LogP contribution is -2.11. The molecule has 96 valence electrons. The normalized spacial score (nSPS) is 10.8.